The molecular weight excluding hydrogens is 228 g/mol. The van der Waals surface area contributed by atoms with E-state index in [0.717, 1.165) is 51.6 Å². The highest BCUT2D eigenvalue weighted by atomic mass is 16.3. The molecule has 0 spiro atoms. The number of likely N-dealkylation sites (tertiary alicyclic amines) is 1. The van der Waals surface area contributed by atoms with Gasteiger partial charge in [-0.3, -0.25) is 4.79 Å². The summed E-state index contributed by atoms with van der Waals surface area (Å²) in [6, 6.07) is 0. The van der Waals surface area contributed by atoms with Crippen molar-refractivity contribution >= 4 is 5.91 Å². The molecule has 1 unspecified atom stereocenters. The molecular formula is C14H26N2O2. The summed E-state index contributed by atoms with van der Waals surface area (Å²) < 4.78 is 0. The first kappa shape index (κ1) is 13.8. The number of rotatable bonds is 4. The van der Waals surface area contributed by atoms with Gasteiger partial charge in [-0.25, -0.2) is 0 Å². The van der Waals surface area contributed by atoms with E-state index < -0.39 is 5.60 Å². The van der Waals surface area contributed by atoms with Crippen LogP contribution in [-0.4, -0.2) is 60.1 Å². The molecule has 0 aromatic rings. The maximum atomic E-state index is 12.2. The van der Waals surface area contributed by atoms with Crippen LogP contribution >= 0.6 is 0 Å². The Kier molecular flexibility index (Phi) is 4.28. The molecule has 0 radical (unpaired) electrons. The van der Waals surface area contributed by atoms with E-state index in [1.54, 1.807) is 0 Å². The summed E-state index contributed by atoms with van der Waals surface area (Å²) in [7, 11) is 3.94. The predicted molar refractivity (Wildman–Crippen MR) is 71.3 cm³/mol. The van der Waals surface area contributed by atoms with E-state index in [9.17, 15) is 9.90 Å². The van der Waals surface area contributed by atoms with E-state index in [0.29, 0.717) is 6.54 Å². The first-order chi connectivity index (χ1) is 8.50. The molecule has 2 rings (SSSR count). The molecule has 2 aliphatic rings. The zero-order chi connectivity index (χ0) is 13.2. The zero-order valence-electron chi connectivity index (χ0n) is 11.7. The van der Waals surface area contributed by atoms with E-state index in [2.05, 4.69) is 11.9 Å². The minimum absolute atomic E-state index is 0.165. The smallest absolute Gasteiger partial charge is 0.226 e. The van der Waals surface area contributed by atoms with Crippen molar-refractivity contribution in [3.8, 4) is 0 Å². The van der Waals surface area contributed by atoms with Gasteiger partial charge in [-0.05, 0) is 39.3 Å². The second-order valence-electron chi connectivity index (χ2n) is 6.19. The Labute approximate surface area is 110 Å². The lowest BCUT2D eigenvalue weighted by Gasteiger charge is -2.27. The van der Waals surface area contributed by atoms with E-state index in [1.807, 2.05) is 11.9 Å². The molecule has 1 heterocycles. The summed E-state index contributed by atoms with van der Waals surface area (Å²) in [5, 5.41) is 10.3. The van der Waals surface area contributed by atoms with Crippen molar-refractivity contribution in [2.24, 2.45) is 5.92 Å². The fourth-order valence-electron chi connectivity index (χ4n) is 3.22. The van der Waals surface area contributed by atoms with Gasteiger partial charge < -0.3 is 14.9 Å². The maximum Gasteiger partial charge on any atom is 0.226 e. The van der Waals surface area contributed by atoms with E-state index in [1.165, 1.54) is 0 Å². The van der Waals surface area contributed by atoms with Gasteiger partial charge in [0.15, 0.2) is 0 Å². The minimum atomic E-state index is -0.499. The van der Waals surface area contributed by atoms with Gasteiger partial charge in [-0.2, -0.15) is 0 Å². The van der Waals surface area contributed by atoms with Crippen LogP contribution in [0.1, 0.15) is 38.5 Å². The van der Waals surface area contributed by atoms with Gasteiger partial charge in [0.05, 0.1) is 11.5 Å². The van der Waals surface area contributed by atoms with Crippen LogP contribution in [0.15, 0.2) is 0 Å². The second-order valence-corrected chi connectivity index (χ2v) is 6.19. The third-order valence-electron chi connectivity index (χ3n) is 4.56. The van der Waals surface area contributed by atoms with Gasteiger partial charge in [0.2, 0.25) is 5.91 Å². The average molecular weight is 254 g/mol. The Balaban J connectivity index is 1.77. The molecule has 1 N–H and O–H groups in total. The first-order valence-corrected chi connectivity index (χ1v) is 7.16. The lowest BCUT2D eigenvalue weighted by atomic mass is 9.97. The second kappa shape index (κ2) is 5.57. The summed E-state index contributed by atoms with van der Waals surface area (Å²) >= 11 is 0. The van der Waals surface area contributed by atoms with Crippen LogP contribution in [0.3, 0.4) is 0 Å². The largest absolute Gasteiger partial charge is 0.390 e. The fourth-order valence-corrected chi connectivity index (χ4v) is 3.22. The Bertz CT molecular complexity index is 300. The maximum absolute atomic E-state index is 12.2. The van der Waals surface area contributed by atoms with Crippen molar-refractivity contribution in [1.29, 1.82) is 0 Å². The summed E-state index contributed by atoms with van der Waals surface area (Å²) in [6.45, 7) is 2.59. The molecule has 1 atom stereocenters. The SMILES string of the molecule is CN1CCC(C(=O)N(C)CCC2(O)CCCC2)C1. The van der Waals surface area contributed by atoms with Crippen LogP contribution in [0, 0.1) is 5.92 Å². The van der Waals surface area contributed by atoms with E-state index in [4.69, 9.17) is 0 Å². The minimum Gasteiger partial charge on any atom is -0.390 e. The van der Waals surface area contributed by atoms with Crippen molar-refractivity contribution in [2.45, 2.75) is 44.1 Å². The quantitative estimate of drug-likeness (QED) is 0.817. The molecule has 0 bridgehead atoms. The van der Waals surface area contributed by atoms with E-state index >= 15 is 0 Å². The number of aliphatic hydroxyl groups is 1. The molecule has 18 heavy (non-hydrogen) atoms. The van der Waals surface area contributed by atoms with Gasteiger partial charge in [0, 0.05) is 20.1 Å². The lowest BCUT2D eigenvalue weighted by Crippen LogP contribution is -2.38. The molecule has 0 aromatic carbocycles. The van der Waals surface area contributed by atoms with Gasteiger partial charge in [-0.1, -0.05) is 12.8 Å². The highest BCUT2D eigenvalue weighted by Gasteiger charge is 2.33. The molecule has 2 fully saturated rings. The normalized spacial score (nSPS) is 27.6. The molecule has 4 nitrogen and oxygen atoms in total. The van der Waals surface area contributed by atoms with Crippen LogP contribution in [0.5, 0.6) is 0 Å². The highest BCUT2D eigenvalue weighted by Crippen LogP contribution is 2.32. The number of amides is 1. The third kappa shape index (κ3) is 3.23. The van der Waals surface area contributed by atoms with Crippen LogP contribution in [0.2, 0.25) is 0 Å². The Morgan fingerprint density at radius 1 is 1.44 bits per heavy atom. The molecule has 1 aliphatic heterocycles. The topological polar surface area (TPSA) is 43.8 Å². The predicted octanol–water partition coefficient (Wildman–Crippen LogP) is 1.09. The third-order valence-corrected chi connectivity index (χ3v) is 4.56. The van der Waals surface area contributed by atoms with Crippen LogP contribution in [0.4, 0.5) is 0 Å². The van der Waals surface area contributed by atoms with Crippen LogP contribution in [0.25, 0.3) is 0 Å². The monoisotopic (exact) mass is 254 g/mol. The van der Waals surface area contributed by atoms with Crippen LogP contribution in [-0.2, 0) is 4.79 Å². The van der Waals surface area contributed by atoms with Gasteiger partial charge in [0.1, 0.15) is 0 Å². The number of hydrogen-bond donors (Lipinski definition) is 1. The first-order valence-electron chi connectivity index (χ1n) is 7.16. The van der Waals surface area contributed by atoms with E-state index in [-0.39, 0.29) is 11.8 Å². The molecule has 1 aliphatic carbocycles. The standard InChI is InChI=1S/C14H26N2O2/c1-15-9-5-12(11-15)13(17)16(2)10-8-14(18)6-3-4-7-14/h12,18H,3-11H2,1-2H3. The molecule has 1 saturated carbocycles. The van der Waals surface area contributed by atoms with Crippen molar-refractivity contribution < 1.29 is 9.90 Å². The highest BCUT2D eigenvalue weighted by molar-refractivity contribution is 5.79. The molecule has 4 heteroatoms. The molecule has 1 saturated heterocycles. The zero-order valence-corrected chi connectivity index (χ0v) is 11.7. The van der Waals surface area contributed by atoms with Crippen molar-refractivity contribution in [1.82, 2.24) is 9.80 Å². The van der Waals surface area contributed by atoms with Gasteiger partial charge in [0.25, 0.3) is 0 Å². The molecule has 104 valence electrons. The number of carbonyl (C=O) groups is 1. The lowest BCUT2D eigenvalue weighted by molar-refractivity contribution is -0.134. The number of nitrogens with zero attached hydrogens (tertiary/aromatic N) is 2. The number of hydrogen-bond acceptors (Lipinski definition) is 3. The average Bonchev–Trinajstić information content (AvgIpc) is 2.95. The molecule has 1 amide bonds. The van der Waals surface area contributed by atoms with Crippen LogP contribution < -0.4 is 0 Å². The van der Waals surface area contributed by atoms with Crippen molar-refractivity contribution in [3.63, 3.8) is 0 Å². The van der Waals surface area contributed by atoms with Gasteiger partial charge in [-0.15, -0.1) is 0 Å². The Hall–Kier alpha value is -0.610. The Morgan fingerprint density at radius 2 is 2.11 bits per heavy atom. The fraction of sp³-hybridized carbons (Fsp3) is 0.929. The van der Waals surface area contributed by atoms with Crippen molar-refractivity contribution in [2.75, 3.05) is 33.7 Å². The summed E-state index contributed by atoms with van der Waals surface area (Å²) in [5.41, 5.74) is -0.499. The van der Waals surface area contributed by atoms with Crippen molar-refractivity contribution in [3.05, 3.63) is 0 Å². The Morgan fingerprint density at radius 3 is 2.67 bits per heavy atom. The summed E-state index contributed by atoms with van der Waals surface area (Å²) in [5.74, 6) is 0.416. The van der Waals surface area contributed by atoms with Gasteiger partial charge >= 0.3 is 0 Å². The number of carbonyl (C=O) groups excluding carboxylic acids is 1. The summed E-state index contributed by atoms with van der Waals surface area (Å²) in [6.07, 6.45) is 5.77. The molecule has 0 aromatic heterocycles. The summed E-state index contributed by atoms with van der Waals surface area (Å²) in [4.78, 5) is 16.2.